The van der Waals surface area contributed by atoms with E-state index in [2.05, 4.69) is 13.0 Å². The summed E-state index contributed by atoms with van der Waals surface area (Å²) in [6.07, 6.45) is 0.928. The van der Waals surface area contributed by atoms with Crippen LogP contribution in [-0.4, -0.2) is 27.1 Å². The van der Waals surface area contributed by atoms with Crippen LogP contribution in [0.5, 0.6) is 0 Å². The number of fused-ring (bicyclic) bond motifs is 2. The van der Waals surface area contributed by atoms with Crippen LogP contribution < -0.4 is 5.73 Å². The molecule has 30 heavy (non-hydrogen) atoms. The van der Waals surface area contributed by atoms with Gasteiger partial charge in [-0.15, -0.1) is 0 Å². The molecule has 4 aromatic rings. The highest BCUT2D eigenvalue weighted by Gasteiger charge is 2.26. The van der Waals surface area contributed by atoms with Crippen LogP contribution in [0.15, 0.2) is 42.5 Å². The Morgan fingerprint density at radius 3 is 2.37 bits per heavy atom. The van der Waals surface area contributed by atoms with Crippen molar-refractivity contribution in [3.05, 3.63) is 59.2 Å². The van der Waals surface area contributed by atoms with Crippen LogP contribution in [0.3, 0.4) is 0 Å². The average molecular weight is 402 g/mol. The van der Waals surface area contributed by atoms with Gasteiger partial charge in [0.15, 0.2) is 5.65 Å². The lowest BCUT2D eigenvalue weighted by atomic mass is 10.1. The molecule has 1 atom stereocenters. The molecule has 154 valence electrons. The molecule has 0 radical (unpaired) electrons. The van der Waals surface area contributed by atoms with Gasteiger partial charge in [-0.1, -0.05) is 38.5 Å². The Balaban J connectivity index is 1.97. The van der Waals surface area contributed by atoms with E-state index in [9.17, 15) is 4.79 Å². The number of benzene rings is 2. The number of hydrogen-bond acceptors (Lipinski definition) is 5. The average Bonchev–Trinajstić information content (AvgIpc) is 3.00. The van der Waals surface area contributed by atoms with Crippen molar-refractivity contribution in [1.29, 1.82) is 0 Å². The molecule has 0 saturated carbocycles. The molecular weight excluding hydrogens is 376 g/mol. The smallest absolute Gasteiger partial charge is 0.344 e. The highest BCUT2D eigenvalue weighted by molar-refractivity contribution is 6.09. The third-order valence-corrected chi connectivity index (χ3v) is 5.36. The molecule has 0 spiro atoms. The molecule has 2 aromatic heterocycles. The van der Waals surface area contributed by atoms with Gasteiger partial charge in [0.2, 0.25) is 0 Å². The normalized spacial score (nSPS) is 12.4. The third kappa shape index (κ3) is 3.49. The van der Waals surface area contributed by atoms with Gasteiger partial charge >= 0.3 is 5.97 Å². The van der Waals surface area contributed by atoms with Crippen molar-refractivity contribution in [3.63, 3.8) is 0 Å². The number of aromatic nitrogens is 3. The van der Waals surface area contributed by atoms with Gasteiger partial charge in [-0.25, -0.2) is 14.8 Å². The highest BCUT2D eigenvalue weighted by atomic mass is 16.5. The summed E-state index contributed by atoms with van der Waals surface area (Å²) in [4.78, 5) is 22.6. The van der Waals surface area contributed by atoms with Gasteiger partial charge in [-0.2, -0.15) is 0 Å². The Bertz CT molecular complexity index is 1240. The molecule has 2 heterocycles. The van der Waals surface area contributed by atoms with Crippen LogP contribution in [0.25, 0.3) is 27.9 Å². The molecule has 2 N–H and O–H groups in total. The van der Waals surface area contributed by atoms with Crippen molar-refractivity contribution in [2.45, 2.75) is 34.1 Å². The number of ether oxygens (including phenoxy) is 1. The first kappa shape index (κ1) is 19.9. The summed E-state index contributed by atoms with van der Waals surface area (Å²) in [5.41, 5.74) is 12.3. The van der Waals surface area contributed by atoms with E-state index in [1.807, 2.05) is 57.2 Å². The Hall–Kier alpha value is -3.41. The number of nitrogens with two attached hydrogens (primary N) is 1. The van der Waals surface area contributed by atoms with E-state index in [1.54, 1.807) is 4.57 Å². The van der Waals surface area contributed by atoms with Crippen molar-refractivity contribution in [3.8, 4) is 5.69 Å². The van der Waals surface area contributed by atoms with Gasteiger partial charge in [0, 0.05) is 5.69 Å². The lowest BCUT2D eigenvalue weighted by molar-refractivity contribution is 0.0450. The number of carbonyl (C=O) groups is 1. The second-order valence-corrected chi connectivity index (χ2v) is 7.94. The Morgan fingerprint density at radius 1 is 1.10 bits per heavy atom. The molecule has 6 nitrogen and oxygen atoms in total. The minimum Gasteiger partial charge on any atom is -0.462 e. The summed E-state index contributed by atoms with van der Waals surface area (Å²) in [6, 6.07) is 13.7. The van der Waals surface area contributed by atoms with E-state index in [4.69, 9.17) is 20.4 Å². The molecule has 2 aromatic carbocycles. The fraction of sp³-hybridized carbons (Fsp3) is 0.292. The fourth-order valence-electron chi connectivity index (χ4n) is 3.61. The lowest BCUT2D eigenvalue weighted by Gasteiger charge is -2.11. The zero-order valence-electron chi connectivity index (χ0n) is 17.8. The second-order valence-electron chi connectivity index (χ2n) is 7.94. The molecule has 0 bridgehead atoms. The molecule has 0 aliphatic carbocycles. The lowest BCUT2D eigenvalue weighted by Crippen LogP contribution is -2.13. The quantitative estimate of drug-likeness (QED) is 0.476. The monoisotopic (exact) mass is 402 g/mol. The predicted octanol–water partition coefficient (Wildman–Crippen LogP) is 4.98. The minimum atomic E-state index is -0.467. The number of anilines is 1. The van der Waals surface area contributed by atoms with Crippen molar-refractivity contribution < 1.29 is 9.53 Å². The van der Waals surface area contributed by atoms with Crippen LogP contribution in [0, 0.1) is 19.8 Å². The van der Waals surface area contributed by atoms with Crippen LogP contribution >= 0.6 is 0 Å². The first-order valence-corrected chi connectivity index (χ1v) is 10.2. The van der Waals surface area contributed by atoms with Gasteiger partial charge in [0.1, 0.15) is 16.9 Å². The second kappa shape index (κ2) is 7.78. The summed E-state index contributed by atoms with van der Waals surface area (Å²) in [6.45, 7) is 8.51. The van der Waals surface area contributed by atoms with E-state index < -0.39 is 5.97 Å². The summed E-state index contributed by atoms with van der Waals surface area (Å²) in [7, 11) is 0. The molecular formula is C24H26N4O2. The fourth-order valence-corrected chi connectivity index (χ4v) is 3.61. The maximum atomic E-state index is 13.0. The summed E-state index contributed by atoms with van der Waals surface area (Å²) in [5.74, 6) is 0.0971. The number of esters is 1. The van der Waals surface area contributed by atoms with Gasteiger partial charge in [0.25, 0.3) is 0 Å². The Labute approximate surface area is 175 Å². The van der Waals surface area contributed by atoms with Gasteiger partial charge in [0.05, 0.1) is 17.6 Å². The minimum absolute atomic E-state index is 0.269. The van der Waals surface area contributed by atoms with Crippen LogP contribution in [0.2, 0.25) is 0 Å². The third-order valence-electron chi connectivity index (χ3n) is 5.36. The van der Waals surface area contributed by atoms with Crippen molar-refractivity contribution in [2.24, 2.45) is 5.92 Å². The largest absolute Gasteiger partial charge is 0.462 e. The standard InChI is InChI=1S/C24H26N4O2/c1-5-14(2)13-30-24(29)20-21-23(27-19-9-7-6-8-18(19)26-21)28(22(20)25)17-11-15(3)10-16(4)12-17/h6-12,14H,5,13,25H2,1-4H3/t14-/m0/s1. The van der Waals surface area contributed by atoms with Gasteiger partial charge in [-0.05, 0) is 55.2 Å². The van der Waals surface area contributed by atoms with E-state index >= 15 is 0 Å². The first-order chi connectivity index (χ1) is 14.4. The summed E-state index contributed by atoms with van der Waals surface area (Å²) >= 11 is 0. The van der Waals surface area contributed by atoms with E-state index in [-0.39, 0.29) is 11.5 Å². The highest BCUT2D eigenvalue weighted by Crippen LogP contribution is 2.32. The zero-order chi connectivity index (χ0) is 21.4. The van der Waals surface area contributed by atoms with Crippen molar-refractivity contribution >= 4 is 34.0 Å². The molecule has 0 unspecified atom stereocenters. The van der Waals surface area contributed by atoms with Crippen LogP contribution in [-0.2, 0) is 4.74 Å². The number of nitrogens with zero attached hydrogens (tertiary/aromatic N) is 3. The van der Waals surface area contributed by atoms with Gasteiger partial charge in [-0.3, -0.25) is 4.57 Å². The predicted molar refractivity (Wildman–Crippen MR) is 120 cm³/mol. The molecule has 0 aliphatic heterocycles. The number of carbonyl (C=O) groups excluding carboxylic acids is 1. The summed E-state index contributed by atoms with van der Waals surface area (Å²) < 4.78 is 7.38. The van der Waals surface area contributed by atoms with Gasteiger partial charge < -0.3 is 10.5 Å². The molecule has 0 saturated heterocycles. The van der Waals surface area contributed by atoms with Crippen molar-refractivity contribution in [2.75, 3.05) is 12.3 Å². The molecule has 0 amide bonds. The Morgan fingerprint density at radius 2 is 1.73 bits per heavy atom. The summed E-state index contributed by atoms with van der Waals surface area (Å²) in [5, 5.41) is 0. The van der Waals surface area contributed by atoms with Crippen LogP contribution in [0.1, 0.15) is 41.8 Å². The van der Waals surface area contributed by atoms with E-state index in [1.165, 1.54) is 0 Å². The van der Waals surface area contributed by atoms with Crippen molar-refractivity contribution in [1.82, 2.24) is 14.5 Å². The van der Waals surface area contributed by atoms with E-state index in [0.29, 0.717) is 29.1 Å². The SMILES string of the molecule is CC[C@H](C)COC(=O)c1c(N)n(-c2cc(C)cc(C)c2)c2nc3ccccc3nc12. The van der Waals surface area contributed by atoms with Crippen LogP contribution in [0.4, 0.5) is 5.82 Å². The number of rotatable bonds is 5. The Kier molecular flexibility index (Phi) is 5.16. The molecule has 0 aliphatic rings. The number of nitrogen functional groups attached to an aromatic ring is 1. The zero-order valence-corrected chi connectivity index (χ0v) is 17.8. The maximum Gasteiger partial charge on any atom is 0.344 e. The number of para-hydroxylation sites is 2. The number of aryl methyl sites for hydroxylation is 2. The first-order valence-electron chi connectivity index (χ1n) is 10.2. The molecule has 4 rings (SSSR count). The number of hydrogen-bond donors (Lipinski definition) is 1. The molecule has 6 heteroatoms. The molecule has 0 fully saturated rings. The topological polar surface area (TPSA) is 83.0 Å². The van der Waals surface area contributed by atoms with E-state index in [0.717, 1.165) is 28.8 Å². The maximum absolute atomic E-state index is 13.0.